The van der Waals surface area contributed by atoms with E-state index >= 15 is 0 Å². The van der Waals surface area contributed by atoms with E-state index in [1.165, 1.54) is 0 Å². The summed E-state index contributed by atoms with van der Waals surface area (Å²) in [5.74, 6) is 0. The molecule has 1 aliphatic heterocycles. The maximum Gasteiger partial charge on any atom is 0.273 e. The Kier molecular flexibility index (Phi) is 4.31. The summed E-state index contributed by atoms with van der Waals surface area (Å²) < 4.78 is 6.07. The van der Waals surface area contributed by atoms with Crippen molar-refractivity contribution in [2.75, 3.05) is 18.0 Å². The zero-order chi connectivity index (χ0) is 15.8. The van der Waals surface area contributed by atoms with Crippen LogP contribution in [0.2, 0.25) is 0 Å². The van der Waals surface area contributed by atoms with Gasteiger partial charge in [-0.05, 0) is 39.8 Å². The topological polar surface area (TPSA) is 55.6 Å². The fraction of sp³-hybridized carbons (Fsp3) is 0.600. The van der Waals surface area contributed by atoms with Gasteiger partial charge in [0.15, 0.2) is 0 Å². The van der Waals surface area contributed by atoms with Crippen LogP contribution in [0.4, 0.5) is 11.4 Å². The molecule has 5 nitrogen and oxygen atoms in total. The maximum atomic E-state index is 11.0. The smallest absolute Gasteiger partial charge is 0.273 e. The number of rotatable bonds is 3. The van der Waals surface area contributed by atoms with Crippen LogP contribution in [0.3, 0.4) is 0 Å². The molecule has 2 rings (SSSR count). The average Bonchev–Trinajstić information content (AvgIpc) is 2.34. The molecule has 1 aliphatic rings. The Morgan fingerprint density at radius 3 is 2.33 bits per heavy atom. The highest BCUT2D eigenvalue weighted by molar-refractivity contribution is 9.08. The standard InChI is InChI=1S/C15H21BrN2O3/c1-14(2)9-17(10-15(3,4)21-14)12-5-6-13(18(19)20)11(7-12)8-16/h5-7H,8-10H2,1-4H3. The quantitative estimate of drug-likeness (QED) is 0.468. The summed E-state index contributed by atoms with van der Waals surface area (Å²) in [5, 5.41) is 11.5. The van der Waals surface area contributed by atoms with Crippen LogP contribution < -0.4 is 4.90 Å². The summed E-state index contributed by atoms with van der Waals surface area (Å²) in [4.78, 5) is 12.9. The summed E-state index contributed by atoms with van der Waals surface area (Å²) in [6.45, 7) is 9.79. The van der Waals surface area contributed by atoms with E-state index in [2.05, 4.69) is 48.5 Å². The first kappa shape index (κ1) is 16.2. The minimum Gasteiger partial charge on any atom is -0.366 e. The van der Waals surface area contributed by atoms with Crippen molar-refractivity contribution >= 4 is 27.3 Å². The van der Waals surface area contributed by atoms with Crippen LogP contribution in [0.1, 0.15) is 33.3 Å². The van der Waals surface area contributed by atoms with Crippen LogP contribution in [0, 0.1) is 10.1 Å². The van der Waals surface area contributed by atoms with Gasteiger partial charge in [-0.25, -0.2) is 0 Å². The Hall–Kier alpha value is -1.14. The molecule has 1 fully saturated rings. The number of morpholine rings is 1. The Balaban J connectivity index is 2.35. The van der Waals surface area contributed by atoms with Gasteiger partial charge in [-0.3, -0.25) is 10.1 Å². The molecule has 0 spiro atoms. The number of halogens is 1. The molecule has 6 heteroatoms. The second kappa shape index (κ2) is 5.57. The first-order chi connectivity index (χ1) is 9.63. The van der Waals surface area contributed by atoms with Crippen LogP contribution in [0.15, 0.2) is 18.2 Å². The molecule has 0 bridgehead atoms. The lowest BCUT2D eigenvalue weighted by atomic mass is 9.98. The Morgan fingerprint density at radius 1 is 1.29 bits per heavy atom. The van der Waals surface area contributed by atoms with Crippen molar-refractivity contribution in [2.24, 2.45) is 0 Å². The third kappa shape index (κ3) is 3.74. The van der Waals surface area contributed by atoms with Crippen LogP contribution in [-0.2, 0) is 10.1 Å². The van der Waals surface area contributed by atoms with Crippen molar-refractivity contribution in [1.82, 2.24) is 0 Å². The molecule has 0 saturated carbocycles. The molecule has 21 heavy (non-hydrogen) atoms. The third-order valence-electron chi connectivity index (χ3n) is 3.46. The van der Waals surface area contributed by atoms with E-state index in [4.69, 9.17) is 4.74 Å². The minimum absolute atomic E-state index is 0.155. The molecule has 0 aliphatic carbocycles. The molecule has 1 aromatic carbocycles. The lowest BCUT2D eigenvalue weighted by Crippen LogP contribution is -2.57. The molecular formula is C15H21BrN2O3. The first-order valence-corrected chi connectivity index (χ1v) is 8.04. The Bertz CT molecular complexity index is 542. The van der Waals surface area contributed by atoms with Crippen LogP contribution in [0.25, 0.3) is 0 Å². The van der Waals surface area contributed by atoms with E-state index in [-0.39, 0.29) is 21.8 Å². The van der Waals surface area contributed by atoms with Crippen molar-refractivity contribution in [1.29, 1.82) is 0 Å². The van der Waals surface area contributed by atoms with E-state index in [0.717, 1.165) is 18.8 Å². The van der Waals surface area contributed by atoms with Gasteiger partial charge in [0, 0.05) is 35.7 Å². The molecule has 0 aromatic heterocycles. The van der Waals surface area contributed by atoms with E-state index in [9.17, 15) is 10.1 Å². The van der Waals surface area contributed by atoms with Gasteiger partial charge < -0.3 is 9.64 Å². The molecule has 0 unspecified atom stereocenters. The SMILES string of the molecule is CC1(C)CN(c2ccc([N+](=O)[O-])c(CBr)c2)CC(C)(C)O1. The van der Waals surface area contributed by atoms with E-state index in [1.54, 1.807) is 6.07 Å². The van der Waals surface area contributed by atoms with Gasteiger partial charge in [-0.15, -0.1) is 0 Å². The Labute approximate surface area is 133 Å². The summed E-state index contributed by atoms with van der Waals surface area (Å²) >= 11 is 3.33. The second-order valence-electron chi connectivity index (χ2n) is 6.68. The maximum absolute atomic E-state index is 11.0. The number of nitro groups is 1. The number of nitrogens with zero attached hydrogens (tertiary/aromatic N) is 2. The molecule has 1 heterocycles. The molecule has 1 aromatic rings. The summed E-state index contributed by atoms with van der Waals surface area (Å²) in [5.41, 5.74) is 1.34. The second-order valence-corrected chi connectivity index (χ2v) is 7.24. The minimum atomic E-state index is -0.340. The first-order valence-electron chi connectivity index (χ1n) is 6.92. The van der Waals surface area contributed by atoms with Crippen molar-refractivity contribution in [2.45, 2.75) is 44.2 Å². The van der Waals surface area contributed by atoms with Crippen molar-refractivity contribution in [3.05, 3.63) is 33.9 Å². The Morgan fingerprint density at radius 2 is 1.86 bits per heavy atom. The highest BCUT2D eigenvalue weighted by Crippen LogP contribution is 2.33. The fourth-order valence-electron chi connectivity index (χ4n) is 3.02. The molecule has 0 atom stereocenters. The normalized spacial score (nSPS) is 20.3. The number of nitro benzene ring substituents is 1. The third-order valence-corrected chi connectivity index (χ3v) is 4.07. The van der Waals surface area contributed by atoms with Gasteiger partial charge in [0.2, 0.25) is 0 Å². The molecule has 116 valence electrons. The average molecular weight is 357 g/mol. The molecule has 1 saturated heterocycles. The van der Waals surface area contributed by atoms with Crippen molar-refractivity contribution in [3.63, 3.8) is 0 Å². The molecule has 0 radical (unpaired) electrons. The summed E-state index contributed by atoms with van der Waals surface area (Å²) in [6, 6.07) is 5.30. The molecule has 0 N–H and O–H groups in total. The predicted molar refractivity (Wildman–Crippen MR) is 87.2 cm³/mol. The largest absolute Gasteiger partial charge is 0.366 e. The highest BCUT2D eigenvalue weighted by atomic mass is 79.9. The zero-order valence-electron chi connectivity index (χ0n) is 12.9. The summed E-state index contributed by atoms with van der Waals surface area (Å²) in [7, 11) is 0. The van der Waals surface area contributed by atoms with Gasteiger partial charge in [0.1, 0.15) is 0 Å². The van der Waals surface area contributed by atoms with Gasteiger partial charge >= 0.3 is 0 Å². The van der Waals surface area contributed by atoms with Crippen LogP contribution in [-0.4, -0.2) is 29.2 Å². The van der Waals surface area contributed by atoms with E-state index < -0.39 is 0 Å². The lowest BCUT2D eigenvalue weighted by molar-refractivity contribution is -0.385. The number of benzene rings is 1. The number of alkyl halides is 1. The molecule has 0 amide bonds. The van der Waals surface area contributed by atoms with E-state index in [0.29, 0.717) is 10.9 Å². The monoisotopic (exact) mass is 356 g/mol. The number of hydrogen-bond acceptors (Lipinski definition) is 4. The van der Waals surface area contributed by atoms with Crippen molar-refractivity contribution < 1.29 is 9.66 Å². The summed E-state index contributed by atoms with van der Waals surface area (Å²) in [6.07, 6.45) is 0. The lowest BCUT2D eigenvalue weighted by Gasteiger charge is -2.48. The zero-order valence-corrected chi connectivity index (χ0v) is 14.4. The van der Waals surface area contributed by atoms with E-state index in [1.807, 2.05) is 12.1 Å². The van der Waals surface area contributed by atoms with Gasteiger partial charge in [0.25, 0.3) is 5.69 Å². The fourth-order valence-corrected chi connectivity index (χ4v) is 3.47. The molecular weight excluding hydrogens is 336 g/mol. The number of hydrogen-bond donors (Lipinski definition) is 0. The van der Waals surface area contributed by atoms with Crippen LogP contribution in [0.5, 0.6) is 0 Å². The van der Waals surface area contributed by atoms with Crippen molar-refractivity contribution in [3.8, 4) is 0 Å². The van der Waals surface area contributed by atoms with Gasteiger partial charge in [-0.2, -0.15) is 0 Å². The van der Waals surface area contributed by atoms with Gasteiger partial charge in [0.05, 0.1) is 16.1 Å². The number of ether oxygens (including phenoxy) is 1. The van der Waals surface area contributed by atoms with Gasteiger partial charge in [-0.1, -0.05) is 15.9 Å². The number of anilines is 1. The van der Waals surface area contributed by atoms with Crippen LogP contribution >= 0.6 is 15.9 Å². The highest BCUT2D eigenvalue weighted by Gasteiger charge is 2.38. The predicted octanol–water partition coefficient (Wildman–Crippen LogP) is 3.88.